The summed E-state index contributed by atoms with van der Waals surface area (Å²) in [5, 5.41) is 14.8. The number of carbonyl (C=O) groups is 2. The molecule has 0 aliphatic rings. The van der Waals surface area contributed by atoms with Gasteiger partial charge in [-0.1, -0.05) is 65.2 Å². The number of unbranched alkanes of at least 4 members (excludes halogenated alkanes) is 8. The zero-order valence-electron chi connectivity index (χ0n) is 19.5. The lowest BCUT2D eigenvalue weighted by molar-refractivity contribution is -0.873. The predicted octanol–water partition coefficient (Wildman–Crippen LogP) is 4.24. The molecule has 0 spiro atoms. The molecule has 0 saturated carbocycles. The Morgan fingerprint density at radius 3 is 1.77 bits per heavy atom. The molecule has 0 aliphatic carbocycles. The van der Waals surface area contributed by atoms with Crippen LogP contribution in [0.1, 0.15) is 84.5 Å². The molecule has 0 fully saturated rings. The second kappa shape index (κ2) is 19.1. The van der Waals surface area contributed by atoms with E-state index in [1.165, 1.54) is 44.9 Å². The first-order valence-corrected chi connectivity index (χ1v) is 11.0. The van der Waals surface area contributed by atoms with E-state index >= 15 is 0 Å². The zero-order chi connectivity index (χ0) is 23.4. The summed E-state index contributed by atoms with van der Waals surface area (Å²) < 4.78 is 11.3. The van der Waals surface area contributed by atoms with Gasteiger partial charge in [0.2, 0.25) is 0 Å². The van der Waals surface area contributed by atoms with Gasteiger partial charge in [-0.2, -0.15) is 0 Å². The minimum Gasteiger partial charge on any atom is -0.466 e. The standard InChI is InChI=1S/C21H42NO4.NO3/c1-6-8-9-10-11-12-13-14-15-16-25-21(24)17-19(18-22(3,4)5)26-20(23)7-2;2-1(3)4/h19H,6-18H2,1-5H3;/q+1;-1/t19-;/m1./s1. The molecule has 1 atom stereocenters. The number of likely N-dealkylation sites (N-methyl/N-ethyl adjacent to an activating group) is 1. The van der Waals surface area contributed by atoms with Gasteiger partial charge >= 0.3 is 11.9 Å². The molecule has 0 bridgehead atoms. The fraction of sp³-hybridized carbons (Fsp3) is 0.905. The van der Waals surface area contributed by atoms with Crippen LogP contribution in [0.5, 0.6) is 0 Å². The molecule has 0 aromatic carbocycles. The van der Waals surface area contributed by atoms with Crippen molar-refractivity contribution in [3.63, 3.8) is 0 Å². The molecule has 0 rings (SSSR count). The van der Waals surface area contributed by atoms with Gasteiger partial charge in [0.15, 0.2) is 6.10 Å². The number of hydrogen-bond donors (Lipinski definition) is 0. The first-order chi connectivity index (χ1) is 14.0. The summed E-state index contributed by atoms with van der Waals surface area (Å²) in [7, 11) is 6.04. The van der Waals surface area contributed by atoms with Gasteiger partial charge in [-0.3, -0.25) is 9.59 Å². The van der Waals surface area contributed by atoms with Gasteiger partial charge in [0.1, 0.15) is 6.54 Å². The number of nitrogens with zero attached hydrogens (tertiary/aromatic N) is 2. The minimum atomic E-state index is -1.75. The van der Waals surface area contributed by atoms with E-state index in [1.807, 2.05) is 21.1 Å². The van der Waals surface area contributed by atoms with Gasteiger partial charge < -0.3 is 29.3 Å². The molecule has 0 aliphatic heterocycles. The average molecular weight is 435 g/mol. The number of ether oxygens (including phenoxy) is 2. The van der Waals surface area contributed by atoms with Crippen molar-refractivity contribution in [2.45, 2.75) is 90.6 Å². The summed E-state index contributed by atoms with van der Waals surface area (Å²) in [4.78, 5) is 31.8. The summed E-state index contributed by atoms with van der Waals surface area (Å²) in [6.45, 7) is 5.05. The zero-order valence-corrected chi connectivity index (χ0v) is 19.5. The Morgan fingerprint density at radius 2 is 1.33 bits per heavy atom. The fourth-order valence-corrected chi connectivity index (χ4v) is 2.87. The molecule has 9 heteroatoms. The van der Waals surface area contributed by atoms with E-state index in [9.17, 15) is 9.59 Å². The van der Waals surface area contributed by atoms with Gasteiger partial charge in [-0.05, 0) is 6.42 Å². The second-order valence-corrected chi connectivity index (χ2v) is 8.41. The van der Waals surface area contributed by atoms with Crippen molar-refractivity contribution < 1.29 is 28.6 Å². The van der Waals surface area contributed by atoms with Crippen molar-refractivity contribution in [1.82, 2.24) is 0 Å². The van der Waals surface area contributed by atoms with Crippen molar-refractivity contribution in [2.24, 2.45) is 0 Å². The maximum absolute atomic E-state index is 12.0. The van der Waals surface area contributed by atoms with Crippen LogP contribution >= 0.6 is 0 Å². The molecule has 0 aromatic rings. The van der Waals surface area contributed by atoms with Crippen molar-refractivity contribution in [3.05, 3.63) is 15.3 Å². The highest BCUT2D eigenvalue weighted by Gasteiger charge is 2.25. The van der Waals surface area contributed by atoms with Gasteiger partial charge in [0.25, 0.3) is 0 Å². The maximum atomic E-state index is 12.0. The van der Waals surface area contributed by atoms with E-state index < -0.39 is 11.2 Å². The number of esters is 2. The minimum absolute atomic E-state index is 0.138. The molecule has 0 radical (unpaired) electrons. The van der Waals surface area contributed by atoms with E-state index in [0.717, 1.165) is 12.8 Å². The van der Waals surface area contributed by atoms with E-state index in [-0.39, 0.29) is 18.4 Å². The van der Waals surface area contributed by atoms with Crippen molar-refractivity contribution >= 4 is 11.9 Å². The largest absolute Gasteiger partial charge is 0.466 e. The molecule has 0 amide bonds. The molecular weight excluding hydrogens is 392 g/mol. The predicted molar refractivity (Wildman–Crippen MR) is 116 cm³/mol. The van der Waals surface area contributed by atoms with Crippen LogP contribution in [0.4, 0.5) is 0 Å². The van der Waals surface area contributed by atoms with Gasteiger partial charge in [0, 0.05) is 6.42 Å². The Balaban J connectivity index is 0. The van der Waals surface area contributed by atoms with E-state index in [4.69, 9.17) is 24.8 Å². The first kappa shape index (κ1) is 30.3. The molecule has 0 N–H and O–H groups in total. The summed E-state index contributed by atoms with van der Waals surface area (Å²) >= 11 is 0. The summed E-state index contributed by atoms with van der Waals surface area (Å²) in [5.74, 6) is -0.540. The number of rotatable bonds is 16. The number of hydrogen-bond acceptors (Lipinski definition) is 7. The number of quaternary nitrogens is 1. The van der Waals surface area contributed by atoms with Crippen LogP contribution in [0.2, 0.25) is 0 Å². The molecule has 0 saturated heterocycles. The van der Waals surface area contributed by atoms with Crippen LogP contribution in [-0.4, -0.2) is 61.9 Å². The van der Waals surface area contributed by atoms with E-state index in [0.29, 0.717) is 24.1 Å². The molecule has 178 valence electrons. The van der Waals surface area contributed by atoms with Crippen molar-refractivity contribution in [2.75, 3.05) is 34.3 Å². The Labute approximate surface area is 181 Å². The molecule has 0 unspecified atom stereocenters. The SMILES string of the molecule is CCCCCCCCCCCOC(=O)C[C@H](C[N+](C)(C)C)OC(=O)CC.O=[N+]([O-])[O-]. The van der Waals surface area contributed by atoms with E-state index in [1.54, 1.807) is 6.92 Å². The lowest BCUT2D eigenvalue weighted by Gasteiger charge is -2.28. The average Bonchev–Trinajstić information content (AvgIpc) is 2.61. The van der Waals surface area contributed by atoms with Gasteiger partial charge in [0.05, 0.1) is 39.3 Å². The second-order valence-electron chi connectivity index (χ2n) is 8.41. The quantitative estimate of drug-likeness (QED) is 0.117. The van der Waals surface area contributed by atoms with Crippen molar-refractivity contribution in [1.29, 1.82) is 0 Å². The highest BCUT2D eigenvalue weighted by atomic mass is 16.9. The lowest BCUT2D eigenvalue weighted by atomic mass is 10.1. The molecular formula is C21H42N2O7. The van der Waals surface area contributed by atoms with Crippen LogP contribution in [0.15, 0.2) is 0 Å². The summed E-state index contributed by atoms with van der Waals surface area (Å²) in [5.41, 5.74) is 0. The third kappa shape index (κ3) is 26.1. The number of carbonyl (C=O) groups excluding carboxylic acids is 2. The summed E-state index contributed by atoms with van der Waals surface area (Å²) in [6, 6.07) is 0. The Hall–Kier alpha value is -1.90. The van der Waals surface area contributed by atoms with Crippen LogP contribution in [0.3, 0.4) is 0 Å². The highest BCUT2D eigenvalue weighted by Crippen LogP contribution is 2.11. The van der Waals surface area contributed by atoms with Gasteiger partial charge in [-0.25, -0.2) is 0 Å². The molecule has 0 aromatic heterocycles. The molecule has 0 heterocycles. The van der Waals surface area contributed by atoms with Crippen LogP contribution in [0.25, 0.3) is 0 Å². The Morgan fingerprint density at radius 1 is 0.867 bits per heavy atom. The smallest absolute Gasteiger partial charge is 0.309 e. The molecule has 9 nitrogen and oxygen atoms in total. The van der Waals surface area contributed by atoms with Crippen molar-refractivity contribution in [3.8, 4) is 0 Å². The monoisotopic (exact) mass is 434 g/mol. The maximum Gasteiger partial charge on any atom is 0.309 e. The van der Waals surface area contributed by atoms with Crippen LogP contribution in [-0.2, 0) is 19.1 Å². The fourth-order valence-electron chi connectivity index (χ4n) is 2.87. The Bertz CT molecular complexity index is 461. The third-order valence-corrected chi connectivity index (χ3v) is 4.24. The topological polar surface area (TPSA) is 119 Å². The lowest BCUT2D eigenvalue weighted by Crippen LogP contribution is -2.44. The first-order valence-electron chi connectivity index (χ1n) is 11.0. The Kier molecular flexibility index (Phi) is 19.3. The summed E-state index contributed by atoms with van der Waals surface area (Å²) in [6.07, 6.45) is 11.2. The normalized spacial score (nSPS) is 11.8. The van der Waals surface area contributed by atoms with E-state index in [2.05, 4.69) is 6.92 Å². The van der Waals surface area contributed by atoms with Crippen LogP contribution in [0, 0.1) is 15.3 Å². The van der Waals surface area contributed by atoms with Gasteiger partial charge in [-0.15, -0.1) is 0 Å². The van der Waals surface area contributed by atoms with Crippen LogP contribution < -0.4 is 0 Å². The molecule has 30 heavy (non-hydrogen) atoms. The third-order valence-electron chi connectivity index (χ3n) is 4.24. The highest BCUT2D eigenvalue weighted by molar-refractivity contribution is 5.72.